The Morgan fingerprint density at radius 2 is 2.05 bits per heavy atom. The molecule has 0 aromatic heterocycles. The van der Waals surface area contributed by atoms with Crippen molar-refractivity contribution in [2.24, 2.45) is 17.5 Å². The number of carbonyl (C=O) groups is 1. The van der Waals surface area contributed by atoms with Crippen LogP contribution in [0.3, 0.4) is 0 Å². The van der Waals surface area contributed by atoms with Gasteiger partial charge in [0.25, 0.3) is 0 Å². The second-order valence-electron chi connectivity index (χ2n) is 4.67. The summed E-state index contributed by atoms with van der Waals surface area (Å²) >= 11 is 5.97. The SMILES string of the molecule is NN/C(C(=O)O)=C(\N)Oc1cc(Cl)cc(OCC2CC2)c1. The van der Waals surface area contributed by atoms with Crippen molar-refractivity contribution in [2.75, 3.05) is 6.61 Å². The van der Waals surface area contributed by atoms with Gasteiger partial charge in [-0.05, 0) is 30.9 Å². The molecule has 0 radical (unpaired) electrons. The molecule has 0 amide bonds. The summed E-state index contributed by atoms with van der Waals surface area (Å²) < 4.78 is 10.8. The smallest absolute Gasteiger partial charge is 0.358 e. The maximum atomic E-state index is 10.9. The topological polar surface area (TPSA) is 120 Å². The summed E-state index contributed by atoms with van der Waals surface area (Å²) in [6, 6.07) is 4.72. The number of nitrogens with one attached hydrogen (secondary N) is 1. The largest absolute Gasteiger partial charge is 0.493 e. The predicted octanol–water partition coefficient (Wildman–Crippen LogP) is 1.18. The summed E-state index contributed by atoms with van der Waals surface area (Å²) in [7, 11) is 0. The van der Waals surface area contributed by atoms with Crippen molar-refractivity contribution in [3.8, 4) is 11.5 Å². The molecule has 21 heavy (non-hydrogen) atoms. The van der Waals surface area contributed by atoms with Crippen LogP contribution in [0.25, 0.3) is 0 Å². The number of hydrogen-bond donors (Lipinski definition) is 4. The highest BCUT2D eigenvalue weighted by molar-refractivity contribution is 6.30. The van der Waals surface area contributed by atoms with Gasteiger partial charge < -0.3 is 25.7 Å². The van der Waals surface area contributed by atoms with E-state index in [4.69, 9.17) is 37.8 Å². The lowest BCUT2D eigenvalue weighted by molar-refractivity contribution is -0.133. The Balaban J connectivity index is 2.12. The van der Waals surface area contributed by atoms with Crippen molar-refractivity contribution in [3.63, 3.8) is 0 Å². The van der Waals surface area contributed by atoms with Gasteiger partial charge in [-0.25, -0.2) is 4.79 Å². The molecule has 1 aromatic rings. The minimum Gasteiger partial charge on any atom is -0.493 e. The second-order valence-corrected chi connectivity index (χ2v) is 5.10. The zero-order valence-corrected chi connectivity index (χ0v) is 11.9. The van der Waals surface area contributed by atoms with E-state index in [9.17, 15) is 4.79 Å². The molecule has 2 rings (SSSR count). The fourth-order valence-electron chi connectivity index (χ4n) is 1.59. The monoisotopic (exact) mass is 313 g/mol. The molecule has 6 N–H and O–H groups in total. The van der Waals surface area contributed by atoms with Crippen LogP contribution in [-0.4, -0.2) is 17.7 Å². The molecule has 0 bridgehead atoms. The molecule has 0 saturated heterocycles. The second kappa shape index (κ2) is 6.55. The standard InChI is InChI=1S/C13H16ClN3O4/c14-8-3-9(20-6-7-1-2-7)5-10(4-8)21-12(15)11(17-16)13(18)19/h3-5,7,17H,1-2,6,15-16H2,(H,18,19)/b12-11+. The van der Waals surface area contributed by atoms with Gasteiger partial charge in [-0.15, -0.1) is 0 Å². The molecular weight excluding hydrogens is 298 g/mol. The van der Waals surface area contributed by atoms with Gasteiger partial charge in [-0.1, -0.05) is 11.6 Å². The molecule has 8 heteroatoms. The highest BCUT2D eigenvalue weighted by atomic mass is 35.5. The first-order chi connectivity index (χ1) is 9.99. The summed E-state index contributed by atoms with van der Waals surface area (Å²) in [5.74, 6) is 4.77. The van der Waals surface area contributed by atoms with E-state index in [-0.39, 0.29) is 11.6 Å². The molecule has 1 saturated carbocycles. The lowest BCUT2D eigenvalue weighted by atomic mass is 10.3. The number of benzene rings is 1. The Kier molecular flexibility index (Phi) is 4.77. The first-order valence-electron chi connectivity index (χ1n) is 6.30. The molecule has 1 aliphatic rings. The first kappa shape index (κ1) is 15.3. The third kappa shape index (κ3) is 4.44. The van der Waals surface area contributed by atoms with Gasteiger partial charge in [-0.2, -0.15) is 0 Å². The molecule has 1 fully saturated rings. The number of hydrazine groups is 1. The summed E-state index contributed by atoms with van der Waals surface area (Å²) in [6.07, 6.45) is 2.34. The number of rotatable bonds is 7. The molecule has 0 atom stereocenters. The minimum absolute atomic E-state index is 0.264. The lowest BCUT2D eigenvalue weighted by Gasteiger charge is -2.11. The highest BCUT2D eigenvalue weighted by Crippen LogP contribution is 2.32. The normalized spacial score (nSPS) is 15.1. The molecule has 1 aliphatic carbocycles. The van der Waals surface area contributed by atoms with E-state index in [1.165, 1.54) is 18.9 Å². The summed E-state index contributed by atoms with van der Waals surface area (Å²) in [4.78, 5) is 10.9. The third-order valence-electron chi connectivity index (χ3n) is 2.86. The van der Waals surface area contributed by atoms with Gasteiger partial charge in [0.05, 0.1) is 6.61 Å². The first-order valence-corrected chi connectivity index (χ1v) is 6.68. The molecule has 114 valence electrons. The van der Waals surface area contributed by atoms with Crippen LogP contribution in [0.2, 0.25) is 5.02 Å². The van der Waals surface area contributed by atoms with Crippen LogP contribution in [0.5, 0.6) is 11.5 Å². The average molecular weight is 314 g/mol. The Hall–Kier alpha value is -2.12. The summed E-state index contributed by atoms with van der Waals surface area (Å²) in [5.41, 5.74) is 7.06. The number of ether oxygens (including phenoxy) is 2. The third-order valence-corrected chi connectivity index (χ3v) is 3.08. The lowest BCUT2D eigenvalue weighted by Crippen LogP contribution is -2.31. The van der Waals surface area contributed by atoms with Crippen LogP contribution >= 0.6 is 11.6 Å². The zero-order chi connectivity index (χ0) is 15.4. The van der Waals surface area contributed by atoms with E-state index in [2.05, 4.69) is 0 Å². The Morgan fingerprint density at radius 1 is 1.38 bits per heavy atom. The number of aliphatic carboxylic acids is 1. The summed E-state index contributed by atoms with van der Waals surface area (Å²) in [5, 5.41) is 9.26. The van der Waals surface area contributed by atoms with Crippen LogP contribution in [-0.2, 0) is 4.79 Å². The fraction of sp³-hybridized carbons (Fsp3) is 0.308. The number of carboxylic acids is 1. The van der Waals surface area contributed by atoms with Crippen LogP contribution in [0.15, 0.2) is 29.8 Å². The van der Waals surface area contributed by atoms with Crippen LogP contribution in [0.4, 0.5) is 0 Å². The van der Waals surface area contributed by atoms with Crippen LogP contribution in [0, 0.1) is 5.92 Å². The van der Waals surface area contributed by atoms with Gasteiger partial charge in [0.1, 0.15) is 11.5 Å². The van der Waals surface area contributed by atoms with Crippen molar-refractivity contribution in [1.29, 1.82) is 0 Å². The fourth-order valence-corrected chi connectivity index (χ4v) is 1.81. The van der Waals surface area contributed by atoms with E-state index in [0.29, 0.717) is 23.3 Å². The van der Waals surface area contributed by atoms with Crippen molar-refractivity contribution < 1.29 is 19.4 Å². The number of hydrogen-bond acceptors (Lipinski definition) is 6. The Bertz CT molecular complexity index is 573. The van der Waals surface area contributed by atoms with E-state index in [0.717, 1.165) is 0 Å². The zero-order valence-electron chi connectivity index (χ0n) is 11.1. The van der Waals surface area contributed by atoms with E-state index in [1.54, 1.807) is 12.1 Å². The van der Waals surface area contributed by atoms with Crippen molar-refractivity contribution in [2.45, 2.75) is 12.8 Å². The maximum Gasteiger partial charge on any atom is 0.358 e. The van der Waals surface area contributed by atoms with Crippen molar-refractivity contribution in [1.82, 2.24) is 5.43 Å². The summed E-state index contributed by atoms with van der Waals surface area (Å²) in [6.45, 7) is 0.621. The van der Waals surface area contributed by atoms with Crippen molar-refractivity contribution >= 4 is 17.6 Å². The molecule has 1 aromatic carbocycles. The Morgan fingerprint density at radius 3 is 2.62 bits per heavy atom. The van der Waals surface area contributed by atoms with Gasteiger partial charge in [0, 0.05) is 11.1 Å². The van der Waals surface area contributed by atoms with E-state index < -0.39 is 11.7 Å². The number of carboxylic acid groups (broad SMARTS) is 1. The van der Waals surface area contributed by atoms with E-state index >= 15 is 0 Å². The Labute approximate surface area is 126 Å². The molecule has 0 spiro atoms. The van der Waals surface area contributed by atoms with Crippen LogP contribution in [0.1, 0.15) is 12.8 Å². The molecule has 0 aliphatic heterocycles. The molecule has 0 unspecified atom stereocenters. The van der Waals surface area contributed by atoms with Gasteiger partial charge in [0.2, 0.25) is 5.88 Å². The molecular formula is C13H16ClN3O4. The quantitative estimate of drug-likeness (QED) is 0.258. The maximum absolute atomic E-state index is 10.9. The predicted molar refractivity (Wildman–Crippen MR) is 76.5 cm³/mol. The average Bonchev–Trinajstić information content (AvgIpc) is 3.20. The number of halogens is 1. The highest BCUT2D eigenvalue weighted by Gasteiger charge is 2.22. The number of nitrogens with two attached hydrogens (primary N) is 2. The van der Waals surface area contributed by atoms with Gasteiger partial charge in [0.15, 0.2) is 5.70 Å². The molecule has 7 nitrogen and oxygen atoms in total. The minimum atomic E-state index is -1.33. The van der Waals surface area contributed by atoms with Crippen molar-refractivity contribution in [3.05, 3.63) is 34.8 Å². The van der Waals surface area contributed by atoms with E-state index in [1.807, 2.05) is 5.43 Å². The van der Waals surface area contributed by atoms with Crippen LogP contribution < -0.4 is 26.5 Å². The van der Waals surface area contributed by atoms with Gasteiger partial charge >= 0.3 is 5.97 Å². The molecule has 0 heterocycles. The van der Waals surface area contributed by atoms with Gasteiger partial charge in [-0.3, -0.25) is 5.84 Å².